The lowest BCUT2D eigenvalue weighted by Gasteiger charge is -2.53. The molecule has 1 saturated carbocycles. The largest absolute Gasteiger partial charge is 0.458 e. The van der Waals surface area contributed by atoms with Gasteiger partial charge in [-0.25, -0.2) is 0 Å². The van der Waals surface area contributed by atoms with Crippen LogP contribution in [-0.2, 0) is 16.1 Å². The number of ether oxygens (including phenoxy) is 1. The Labute approximate surface area is 199 Å². The predicted octanol–water partition coefficient (Wildman–Crippen LogP) is 3.32. The van der Waals surface area contributed by atoms with Gasteiger partial charge in [0.15, 0.2) is 0 Å². The Kier molecular flexibility index (Phi) is 7.56. The zero-order valence-electron chi connectivity index (χ0n) is 20.6. The minimum absolute atomic E-state index is 0.0797. The van der Waals surface area contributed by atoms with Gasteiger partial charge in [0.05, 0.1) is 5.60 Å². The smallest absolute Gasteiger partial charge is 0.303 e. The number of nitrogens with zero attached hydrogens (tertiary/aromatic N) is 3. The van der Waals surface area contributed by atoms with E-state index < -0.39 is 11.7 Å². The molecule has 181 valence electrons. The van der Waals surface area contributed by atoms with Gasteiger partial charge in [0.2, 0.25) is 0 Å². The van der Waals surface area contributed by atoms with Crippen LogP contribution in [0.1, 0.15) is 46.1 Å². The van der Waals surface area contributed by atoms with Crippen LogP contribution in [0, 0.1) is 30.1 Å². The molecule has 2 fully saturated rings. The van der Waals surface area contributed by atoms with Crippen LogP contribution < -0.4 is 0 Å². The SMILES string of the molecule is CC(=O)O[C@@H]1[CH][C@@]2(O)[C@H](C)CC[C@@H](C(C)CN3CCN(Cc4ccncc4)CC3)[C@H]2C=C1C. The number of aromatic nitrogens is 1. The predicted molar refractivity (Wildman–Crippen MR) is 129 cm³/mol. The molecule has 33 heavy (non-hydrogen) atoms. The lowest BCUT2D eigenvalue weighted by molar-refractivity contribution is -0.148. The van der Waals surface area contributed by atoms with Crippen molar-refractivity contribution >= 4 is 5.97 Å². The number of hydrogen-bond donors (Lipinski definition) is 1. The summed E-state index contributed by atoms with van der Waals surface area (Å²) in [5, 5.41) is 11.7. The van der Waals surface area contributed by atoms with Gasteiger partial charge in [0, 0.05) is 70.9 Å². The van der Waals surface area contributed by atoms with E-state index in [1.807, 2.05) is 25.7 Å². The van der Waals surface area contributed by atoms with Gasteiger partial charge in [0.1, 0.15) is 6.10 Å². The van der Waals surface area contributed by atoms with Crippen molar-refractivity contribution in [3.8, 4) is 0 Å². The summed E-state index contributed by atoms with van der Waals surface area (Å²) in [6, 6.07) is 4.20. The maximum absolute atomic E-state index is 11.7. The van der Waals surface area contributed by atoms with Crippen LogP contribution in [0.2, 0.25) is 0 Å². The van der Waals surface area contributed by atoms with Gasteiger partial charge < -0.3 is 14.7 Å². The number of aliphatic hydroxyl groups is 1. The number of pyridine rings is 1. The van der Waals surface area contributed by atoms with Crippen molar-refractivity contribution in [2.75, 3.05) is 32.7 Å². The molecule has 0 amide bonds. The highest BCUT2D eigenvalue weighted by Crippen LogP contribution is 2.50. The molecule has 1 aromatic heterocycles. The van der Waals surface area contributed by atoms with Crippen LogP contribution in [0.15, 0.2) is 36.2 Å². The molecule has 2 aliphatic carbocycles. The first-order valence-electron chi connectivity index (χ1n) is 12.5. The molecule has 0 bridgehead atoms. The molecule has 6 heteroatoms. The summed E-state index contributed by atoms with van der Waals surface area (Å²) in [5.41, 5.74) is 1.45. The Morgan fingerprint density at radius 3 is 2.55 bits per heavy atom. The number of carbonyl (C=O) groups is 1. The van der Waals surface area contributed by atoms with E-state index in [0.717, 1.165) is 57.7 Å². The highest BCUT2D eigenvalue weighted by Gasteiger charge is 2.53. The summed E-state index contributed by atoms with van der Waals surface area (Å²) in [6.45, 7) is 14.3. The van der Waals surface area contributed by atoms with Crippen molar-refractivity contribution in [1.82, 2.24) is 14.8 Å². The molecule has 1 saturated heterocycles. The number of esters is 1. The third-order valence-corrected chi connectivity index (χ3v) is 8.22. The van der Waals surface area contributed by atoms with Crippen molar-refractivity contribution in [1.29, 1.82) is 0 Å². The molecule has 1 N–H and O–H groups in total. The second-order valence-corrected chi connectivity index (χ2v) is 10.6. The van der Waals surface area contributed by atoms with E-state index in [9.17, 15) is 9.90 Å². The van der Waals surface area contributed by atoms with E-state index >= 15 is 0 Å². The number of hydrogen-bond acceptors (Lipinski definition) is 6. The van der Waals surface area contributed by atoms with Crippen LogP contribution in [0.5, 0.6) is 0 Å². The number of carbonyl (C=O) groups excluding carboxylic acids is 1. The third-order valence-electron chi connectivity index (χ3n) is 8.22. The van der Waals surface area contributed by atoms with Gasteiger partial charge in [0.25, 0.3) is 0 Å². The maximum Gasteiger partial charge on any atom is 0.303 e. The Morgan fingerprint density at radius 1 is 1.21 bits per heavy atom. The van der Waals surface area contributed by atoms with Gasteiger partial charge in [-0.1, -0.05) is 19.9 Å². The van der Waals surface area contributed by atoms with E-state index in [1.165, 1.54) is 12.5 Å². The van der Waals surface area contributed by atoms with E-state index in [1.54, 1.807) is 0 Å². The van der Waals surface area contributed by atoms with Crippen LogP contribution >= 0.6 is 0 Å². The average Bonchev–Trinajstić information content (AvgIpc) is 2.78. The Balaban J connectivity index is 1.37. The van der Waals surface area contributed by atoms with Crippen molar-refractivity contribution in [2.45, 2.75) is 58.8 Å². The van der Waals surface area contributed by atoms with Gasteiger partial charge in [-0.2, -0.15) is 0 Å². The molecule has 0 aromatic carbocycles. The zero-order chi connectivity index (χ0) is 23.6. The third kappa shape index (κ3) is 5.50. The molecule has 6 atom stereocenters. The van der Waals surface area contributed by atoms with E-state index in [0.29, 0.717) is 11.8 Å². The van der Waals surface area contributed by atoms with E-state index in [4.69, 9.17) is 4.74 Å². The zero-order valence-corrected chi connectivity index (χ0v) is 20.6. The fourth-order valence-electron chi connectivity index (χ4n) is 6.17. The standard InChI is InChI=1S/C27H40N3O3/c1-19-15-25-24(6-5-21(3)27(25,32)16-26(19)33-22(4)31)20(2)17-29-11-13-30(14-12-29)18-23-7-9-28-10-8-23/h7-10,15-16,20-21,24-26,32H,5-6,11-14,17-18H2,1-4H3/t20?,21-,24+,25-,26-,27-/m1/s1. The molecular weight excluding hydrogens is 414 g/mol. The summed E-state index contributed by atoms with van der Waals surface area (Å²) in [4.78, 5) is 20.8. The molecule has 6 nitrogen and oxygen atoms in total. The monoisotopic (exact) mass is 454 g/mol. The highest BCUT2D eigenvalue weighted by atomic mass is 16.5. The van der Waals surface area contributed by atoms with E-state index in [2.05, 4.69) is 46.8 Å². The molecule has 3 aliphatic rings. The second kappa shape index (κ2) is 10.2. The Bertz CT molecular complexity index is 836. The summed E-state index contributed by atoms with van der Waals surface area (Å²) < 4.78 is 5.50. The van der Waals surface area contributed by atoms with Crippen LogP contribution in [0.4, 0.5) is 0 Å². The van der Waals surface area contributed by atoms with Crippen molar-refractivity contribution < 1.29 is 14.6 Å². The molecule has 1 aliphatic heterocycles. The maximum atomic E-state index is 11.7. The summed E-state index contributed by atoms with van der Waals surface area (Å²) in [7, 11) is 0. The quantitative estimate of drug-likeness (QED) is 0.525. The first-order valence-corrected chi connectivity index (χ1v) is 12.5. The summed E-state index contributed by atoms with van der Waals surface area (Å²) >= 11 is 0. The van der Waals surface area contributed by atoms with Crippen LogP contribution in [-0.4, -0.2) is 70.3 Å². The molecule has 2 heterocycles. The van der Waals surface area contributed by atoms with Crippen LogP contribution in [0.3, 0.4) is 0 Å². The van der Waals surface area contributed by atoms with Gasteiger partial charge in [-0.3, -0.25) is 14.7 Å². The number of fused-ring (bicyclic) bond motifs is 1. The normalized spacial score (nSPS) is 34.3. The fraction of sp³-hybridized carbons (Fsp3) is 0.667. The Morgan fingerprint density at radius 2 is 1.88 bits per heavy atom. The van der Waals surface area contributed by atoms with Gasteiger partial charge in [-0.05, 0) is 60.8 Å². The minimum atomic E-state index is -0.917. The van der Waals surface area contributed by atoms with E-state index in [-0.39, 0.29) is 17.8 Å². The second-order valence-electron chi connectivity index (χ2n) is 10.6. The topological polar surface area (TPSA) is 65.9 Å². The average molecular weight is 455 g/mol. The molecule has 4 rings (SSSR count). The minimum Gasteiger partial charge on any atom is -0.458 e. The molecule has 1 aromatic rings. The lowest BCUT2D eigenvalue weighted by Crippen LogP contribution is -2.57. The van der Waals surface area contributed by atoms with Crippen molar-refractivity contribution in [2.24, 2.45) is 23.7 Å². The van der Waals surface area contributed by atoms with Crippen LogP contribution in [0.25, 0.3) is 0 Å². The number of rotatable bonds is 6. The summed E-state index contributed by atoms with van der Waals surface area (Å²) in [6.07, 6.45) is 9.56. The highest BCUT2D eigenvalue weighted by molar-refractivity contribution is 5.66. The van der Waals surface area contributed by atoms with Crippen molar-refractivity contribution in [3.05, 3.63) is 48.2 Å². The first-order chi connectivity index (χ1) is 15.8. The molecule has 1 radical (unpaired) electrons. The first kappa shape index (κ1) is 24.4. The number of piperazine rings is 1. The fourth-order valence-corrected chi connectivity index (χ4v) is 6.17. The molecule has 1 unspecified atom stereocenters. The summed E-state index contributed by atoms with van der Waals surface area (Å²) in [5.74, 6) is 0.845. The van der Waals surface area contributed by atoms with Crippen molar-refractivity contribution in [3.63, 3.8) is 0 Å². The van der Waals surface area contributed by atoms with Gasteiger partial charge in [-0.15, -0.1) is 0 Å². The lowest BCUT2D eigenvalue weighted by atomic mass is 9.57. The Hall–Kier alpha value is -1.76. The van der Waals surface area contributed by atoms with Gasteiger partial charge >= 0.3 is 5.97 Å². The molecule has 0 spiro atoms. The molecular formula is C27H40N3O3.